The molecule has 0 aliphatic carbocycles. The molecule has 1 saturated heterocycles. The summed E-state index contributed by atoms with van der Waals surface area (Å²) in [6.45, 7) is 3.21. The molecule has 1 N–H and O–H groups in total. The Labute approximate surface area is 164 Å². The van der Waals surface area contributed by atoms with Crippen molar-refractivity contribution in [2.24, 2.45) is 0 Å². The summed E-state index contributed by atoms with van der Waals surface area (Å²) in [5, 5.41) is 13.3. The van der Waals surface area contributed by atoms with Gasteiger partial charge in [-0.05, 0) is 44.7 Å². The highest BCUT2D eigenvalue weighted by Crippen LogP contribution is 2.20. The first-order valence-corrected chi connectivity index (χ1v) is 9.18. The van der Waals surface area contributed by atoms with Crippen molar-refractivity contribution in [1.82, 2.24) is 19.6 Å². The Kier molecular flexibility index (Phi) is 5.81. The number of rotatable bonds is 6. The lowest BCUT2D eigenvalue weighted by Crippen LogP contribution is -2.39. The Bertz CT molecular complexity index is 862. The molecular formula is C20H26N4O4. The van der Waals surface area contributed by atoms with Crippen molar-refractivity contribution in [3.63, 3.8) is 0 Å². The standard InChI is InChI=1S/C20H26N4O4/c1-13-18(20(26)27)10-21-24(13)15-7-5-14(6-8-15)19(25)23(3)11-16-9-17(28-4)12-22(16)2/h5-8,10,16-17H,9,11-12H2,1-4H3,(H,26,27)/t16-,17-/m0/s1. The summed E-state index contributed by atoms with van der Waals surface area (Å²) in [5.41, 5.74) is 2.00. The molecule has 28 heavy (non-hydrogen) atoms. The Morgan fingerprint density at radius 2 is 2.00 bits per heavy atom. The van der Waals surface area contributed by atoms with Crippen molar-refractivity contribution in [1.29, 1.82) is 0 Å². The second-order valence-corrected chi connectivity index (χ2v) is 7.28. The average molecular weight is 386 g/mol. The third-order valence-electron chi connectivity index (χ3n) is 5.41. The van der Waals surface area contributed by atoms with Crippen LogP contribution in [0.2, 0.25) is 0 Å². The number of nitrogens with zero attached hydrogens (tertiary/aromatic N) is 4. The zero-order chi connectivity index (χ0) is 20.4. The van der Waals surface area contributed by atoms with Gasteiger partial charge in [-0.1, -0.05) is 0 Å². The van der Waals surface area contributed by atoms with Gasteiger partial charge in [-0.3, -0.25) is 9.69 Å². The number of aromatic carboxylic acids is 1. The molecule has 1 fully saturated rings. The maximum atomic E-state index is 12.8. The number of benzene rings is 1. The SMILES string of the molecule is CO[C@H]1C[C@@H](CN(C)C(=O)c2ccc(-n3ncc(C(=O)O)c3C)cc2)N(C)C1. The van der Waals surface area contributed by atoms with E-state index in [-0.39, 0.29) is 23.6 Å². The summed E-state index contributed by atoms with van der Waals surface area (Å²) >= 11 is 0. The topological polar surface area (TPSA) is 87.9 Å². The summed E-state index contributed by atoms with van der Waals surface area (Å²) in [6.07, 6.45) is 2.45. The van der Waals surface area contributed by atoms with Gasteiger partial charge in [0.2, 0.25) is 0 Å². The van der Waals surface area contributed by atoms with E-state index in [1.54, 1.807) is 54.9 Å². The molecule has 150 valence electrons. The van der Waals surface area contributed by atoms with Gasteiger partial charge in [-0.15, -0.1) is 0 Å². The summed E-state index contributed by atoms with van der Waals surface area (Å²) in [6, 6.07) is 7.31. The Morgan fingerprint density at radius 3 is 2.54 bits per heavy atom. The molecule has 0 radical (unpaired) electrons. The molecule has 2 heterocycles. The van der Waals surface area contributed by atoms with Crippen LogP contribution in [0.15, 0.2) is 30.5 Å². The van der Waals surface area contributed by atoms with E-state index < -0.39 is 5.97 Å². The Morgan fingerprint density at radius 1 is 1.32 bits per heavy atom. The van der Waals surface area contributed by atoms with E-state index in [4.69, 9.17) is 9.84 Å². The second kappa shape index (κ2) is 8.12. The molecule has 1 aromatic carbocycles. The van der Waals surface area contributed by atoms with Crippen LogP contribution in [0, 0.1) is 6.92 Å². The fourth-order valence-electron chi connectivity index (χ4n) is 3.66. The maximum absolute atomic E-state index is 12.8. The number of hydrogen-bond acceptors (Lipinski definition) is 5. The van der Waals surface area contributed by atoms with E-state index in [0.717, 1.165) is 13.0 Å². The molecule has 2 aromatic rings. The first-order valence-electron chi connectivity index (χ1n) is 9.18. The number of ether oxygens (including phenoxy) is 1. The Balaban J connectivity index is 1.69. The largest absolute Gasteiger partial charge is 0.478 e. The minimum Gasteiger partial charge on any atom is -0.478 e. The predicted octanol–water partition coefficient (Wildman–Crippen LogP) is 1.67. The smallest absolute Gasteiger partial charge is 0.339 e. The molecule has 1 aliphatic heterocycles. The van der Waals surface area contributed by atoms with E-state index in [2.05, 4.69) is 17.0 Å². The van der Waals surface area contributed by atoms with Crippen LogP contribution < -0.4 is 0 Å². The number of carbonyl (C=O) groups is 2. The van der Waals surface area contributed by atoms with E-state index in [0.29, 0.717) is 23.5 Å². The molecule has 0 unspecified atom stereocenters. The number of likely N-dealkylation sites (tertiary alicyclic amines) is 1. The summed E-state index contributed by atoms with van der Waals surface area (Å²) in [4.78, 5) is 27.9. The molecule has 8 heteroatoms. The predicted molar refractivity (Wildman–Crippen MR) is 104 cm³/mol. The number of hydrogen-bond donors (Lipinski definition) is 1. The minimum absolute atomic E-state index is 0.0516. The molecule has 3 rings (SSSR count). The number of carboxylic acids is 1. The second-order valence-electron chi connectivity index (χ2n) is 7.28. The number of aromatic nitrogens is 2. The average Bonchev–Trinajstić information content (AvgIpc) is 3.23. The van der Waals surface area contributed by atoms with Gasteiger partial charge in [0.05, 0.1) is 23.7 Å². The first-order chi connectivity index (χ1) is 13.3. The van der Waals surface area contributed by atoms with Crippen LogP contribution in [0.4, 0.5) is 0 Å². The summed E-state index contributed by atoms with van der Waals surface area (Å²) < 4.78 is 6.99. The van der Waals surface area contributed by atoms with Gasteiger partial charge >= 0.3 is 5.97 Å². The fraction of sp³-hybridized carbons (Fsp3) is 0.450. The molecule has 0 spiro atoms. The molecule has 1 amide bonds. The number of amides is 1. The monoisotopic (exact) mass is 386 g/mol. The van der Waals surface area contributed by atoms with Gasteiger partial charge < -0.3 is 14.7 Å². The molecule has 1 aliphatic rings. The van der Waals surface area contributed by atoms with Crippen molar-refractivity contribution < 1.29 is 19.4 Å². The van der Waals surface area contributed by atoms with Crippen LogP contribution >= 0.6 is 0 Å². The van der Waals surface area contributed by atoms with Crippen molar-refractivity contribution in [2.75, 3.05) is 34.3 Å². The number of carbonyl (C=O) groups excluding carboxylic acids is 1. The van der Waals surface area contributed by atoms with E-state index >= 15 is 0 Å². The summed E-state index contributed by atoms with van der Waals surface area (Å²) in [7, 11) is 5.58. The van der Waals surface area contributed by atoms with Gasteiger partial charge in [0.15, 0.2) is 0 Å². The third kappa shape index (κ3) is 3.93. The van der Waals surface area contributed by atoms with Crippen molar-refractivity contribution in [3.05, 3.63) is 47.3 Å². The number of likely N-dealkylation sites (N-methyl/N-ethyl adjacent to an activating group) is 2. The number of carboxylic acid groups (broad SMARTS) is 1. The van der Waals surface area contributed by atoms with Gasteiger partial charge in [0.25, 0.3) is 5.91 Å². The van der Waals surface area contributed by atoms with Crippen LogP contribution in [0.25, 0.3) is 5.69 Å². The summed E-state index contributed by atoms with van der Waals surface area (Å²) in [5.74, 6) is -1.06. The van der Waals surface area contributed by atoms with E-state index in [1.807, 2.05) is 0 Å². The van der Waals surface area contributed by atoms with Crippen LogP contribution in [0.3, 0.4) is 0 Å². The number of methoxy groups -OCH3 is 1. The lowest BCUT2D eigenvalue weighted by atomic mass is 10.1. The zero-order valence-electron chi connectivity index (χ0n) is 16.6. The van der Waals surface area contributed by atoms with Gasteiger partial charge in [-0.25, -0.2) is 9.48 Å². The van der Waals surface area contributed by atoms with Crippen molar-refractivity contribution in [2.45, 2.75) is 25.5 Å². The highest BCUT2D eigenvalue weighted by atomic mass is 16.5. The van der Waals surface area contributed by atoms with Gasteiger partial charge in [0, 0.05) is 38.9 Å². The highest BCUT2D eigenvalue weighted by molar-refractivity contribution is 5.94. The van der Waals surface area contributed by atoms with Gasteiger partial charge in [-0.2, -0.15) is 5.10 Å². The lowest BCUT2D eigenvalue weighted by molar-refractivity contribution is 0.0695. The quantitative estimate of drug-likeness (QED) is 0.813. The van der Waals surface area contributed by atoms with Crippen molar-refractivity contribution in [3.8, 4) is 5.69 Å². The van der Waals surface area contributed by atoms with Crippen molar-refractivity contribution >= 4 is 11.9 Å². The van der Waals surface area contributed by atoms with Gasteiger partial charge in [0.1, 0.15) is 5.56 Å². The highest BCUT2D eigenvalue weighted by Gasteiger charge is 2.31. The Hall–Kier alpha value is -2.71. The molecule has 2 atom stereocenters. The van der Waals surface area contributed by atoms with Crippen LogP contribution in [-0.2, 0) is 4.74 Å². The molecule has 0 saturated carbocycles. The maximum Gasteiger partial charge on any atom is 0.339 e. The molecule has 1 aromatic heterocycles. The molecular weight excluding hydrogens is 360 g/mol. The fourth-order valence-corrected chi connectivity index (χ4v) is 3.66. The first kappa shape index (κ1) is 20.0. The van der Waals surface area contributed by atoms with Crippen LogP contribution in [-0.4, -0.2) is 83.0 Å². The van der Waals surface area contributed by atoms with E-state index in [9.17, 15) is 9.59 Å². The van der Waals surface area contributed by atoms with Crippen LogP contribution in [0.5, 0.6) is 0 Å². The third-order valence-corrected chi connectivity index (χ3v) is 5.41. The van der Waals surface area contributed by atoms with E-state index in [1.165, 1.54) is 6.20 Å². The molecule has 8 nitrogen and oxygen atoms in total. The molecule has 0 bridgehead atoms. The normalized spacial score (nSPS) is 19.7. The lowest BCUT2D eigenvalue weighted by Gasteiger charge is -2.25. The minimum atomic E-state index is -1.01. The van der Waals surface area contributed by atoms with Crippen LogP contribution in [0.1, 0.15) is 32.8 Å². The zero-order valence-corrected chi connectivity index (χ0v) is 16.6.